The van der Waals surface area contributed by atoms with Crippen LogP contribution >= 0.6 is 0 Å². The quantitative estimate of drug-likeness (QED) is 0.215. The van der Waals surface area contributed by atoms with Crippen molar-refractivity contribution < 1.29 is 27.1 Å². The number of carbonyl (C=O) groups excluding carboxylic acids is 1. The third kappa shape index (κ3) is 5.81. The molecule has 2 aromatic carbocycles. The highest BCUT2D eigenvalue weighted by molar-refractivity contribution is 7.70. The van der Waals surface area contributed by atoms with Gasteiger partial charge >= 0.3 is 0 Å². The Morgan fingerprint density at radius 3 is 2.65 bits per heavy atom. The Kier molecular flexibility index (Phi) is 7.61. The number of pyridine rings is 1. The third-order valence-corrected chi connectivity index (χ3v) is 5.08. The maximum atomic E-state index is 14.4. The number of rotatable bonds is 10. The van der Waals surface area contributed by atoms with Crippen molar-refractivity contribution in [2.24, 2.45) is 0 Å². The van der Waals surface area contributed by atoms with Gasteiger partial charge in [-0.3, -0.25) is 9.78 Å². The molecule has 0 atom stereocenters. The second kappa shape index (κ2) is 10.4. The average Bonchev–Trinajstić information content (AvgIpc) is 2.76. The van der Waals surface area contributed by atoms with Crippen LogP contribution in [0.3, 0.4) is 0 Å². The van der Waals surface area contributed by atoms with Gasteiger partial charge in [0.15, 0.2) is 17.4 Å². The van der Waals surface area contributed by atoms with E-state index < -0.39 is 28.3 Å². The Labute approximate surface area is 179 Å². The number of anilines is 1. The lowest BCUT2D eigenvalue weighted by Crippen LogP contribution is -2.13. The minimum atomic E-state index is -2.72. The largest absolute Gasteiger partial charge is 0.395 e. The molecule has 0 aliphatic rings. The topological polar surface area (TPSA) is 108 Å². The summed E-state index contributed by atoms with van der Waals surface area (Å²) in [5.74, 6) is -3.04. The predicted octanol–water partition coefficient (Wildman–Crippen LogP) is 2.20. The van der Waals surface area contributed by atoms with Gasteiger partial charge in [0.2, 0.25) is 10.9 Å². The van der Waals surface area contributed by atoms with Crippen LogP contribution in [-0.2, 0) is 17.3 Å². The molecule has 164 valence electrons. The van der Waals surface area contributed by atoms with E-state index in [1.54, 1.807) is 24.4 Å². The zero-order valence-corrected chi connectivity index (χ0v) is 17.3. The summed E-state index contributed by atoms with van der Waals surface area (Å²) in [6.45, 7) is 0.443. The molecule has 1 heterocycles. The van der Waals surface area contributed by atoms with Crippen molar-refractivity contribution in [1.29, 1.82) is 0 Å². The van der Waals surface area contributed by atoms with E-state index >= 15 is 0 Å². The minimum absolute atomic E-state index is 0.0525. The van der Waals surface area contributed by atoms with Crippen LogP contribution in [0.5, 0.6) is 0 Å². The maximum absolute atomic E-state index is 14.4. The summed E-state index contributed by atoms with van der Waals surface area (Å²) in [6, 6.07) is 8.71. The van der Waals surface area contributed by atoms with Crippen LogP contribution in [0.15, 0.2) is 42.6 Å². The Hall–Kier alpha value is -2.95. The summed E-state index contributed by atoms with van der Waals surface area (Å²) in [5.41, 5.74) is 1.45. The van der Waals surface area contributed by atoms with Crippen molar-refractivity contribution in [1.82, 2.24) is 9.71 Å². The molecule has 31 heavy (non-hydrogen) atoms. The van der Waals surface area contributed by atoms with Crippen molar-refractivity contribution >= 4 is 33.3 Å². The van der Waals surface area contributed by atoms with Gasteiger partial charge in [0, 0.05) is 24.0 Å². The van der Waals surface area contributed by atoms with Crippen LogP contribution in [0.1, 0.15) is 27.9 Å². The zero-order valence-electron chi connectivity index (χ0n) is 16.4. The average molecular weight is 449 g/mol. The van der Waals surface area contributed by atoms with Crippen LogP contribution in [0.4, 0.5) is 14.5 Å². The van der Waals surface area contributed by atoms with E-state index in [0.717, 1.165) is 6.07 Å². The lowest BCUT2D eigenvalue weighted by molar-refractivity contribution is 0.103. The highest BCUT2D eigenvalue weighted by Crippen LogP contribution is 2.23. The fraction of sp³-hybridized carbons (Fsp3) is 0.238. The molecule has 0 amide bonds. The predicted molar refractivity (Wildman–Crippen MR) is 114 cm³/mol. The van der Waals surface area contributed by atoms with Gasteiger partial charge < -0.3 is 10.4 Å². The Balaban J connectivity index is 1.87. The van der Waals surface area contributed by atoms with Crippen LogP contribution in [-0.4, -0.2) is 44.0 Å². The Bertz CT molecular complexity index is 1180. The molecule has 0 radical (unpaired) electrons. The van der Waals surface area contributed by atoms with Crippen molar-refractivity contribution in [3.05, 3.63) is 70.9 Å². The first-order valence-electron chi connectivity index (χ1n) is 9.54. The molecule has 0 bridgehead atoms. The molecule has 0 spiro atoms. The lowest BCUT2D eigenvalue weighted by Gasteiger charge is -2.09. The number of benzene rings is 2. The van der Waals surface area contributed by atoms with Gasteiger partial charge in [-0.25, -0.2) is 21.9 Å². The Morgan fingerprint density at radius 1 is 1.10 bits per heavy atom. The fourth-order valence-electron chi connectivity index (χ4n) is 3.14. The molecule has 7 nitrogen and oxygen atoms in total. The van der Waals surface area contributed by atoms with E-state index in [1.165, 1.54) is 12.1 Å². The van der Waals surface area contributed by atoms with E-state index in [0.29, 0.717) is 35.1 Å². The minimum Gasteiger partial charge on any atom is -0.395 e. The molecule has 3 rings (SSSR count). The molecule has 0 unspecified atom stereocenters. The number of carbonyl (C=O) groups is 1. The molecule has 1 aromatic heterocycles. The molecule has 3 aromatic rings. The van der Waals surface area contributed by atoms with Crippen molar-refractivity contribution in [2.75, 3.05) is 25.0 Å². The monoisotopic (exact) mass is 449 g/mol. The smallest absolute Gasteiger partial charge is 0.201 e. The van der Waals surface area contributed by atoms with E-state index in [9.17, 15) is 22.0 Å². The van der Waals surface area contributed by atoms with Crippen molar-refractivity contribution in [2.45, 2.75) is 12.8 Å². The van der Waals surface area contributed by atoms with Crippen LogP contribution < -0.4 is 10.0 Å². The first-order chi connectivity index (χ1) is 14.9. The van der Waals surface area contributed by atoms with Gasteiger partial charge in [-0.2, -0.15) is 0 Å². The molecule has 10 heteroatoms. The van der Waals surface area contributed by atoms with Gasteiger partial charge in [-0.05, 0) is 54.8 Å². The normalized spacial score (nSPS) is 11.2. The number of nitrogens with one attached hydrogen (secondary N) is 2. The fourth-order valence-corrected chi connectivity index (χ4v) is 3.48. The van der Waals surface area contributed by atoms with E-state index in [1.807, 2.05) is 0 Å². The molecule has 3 N–H and O–H groups in total. The van der Waals surface area contributed by atoms with E-state index in [2.05, 4.69) is 15.0 Å². The number of aromatic nitrogens is 1. The zero-order chi connectivity index (χ0) is 22.4. The van der Waals surface area contributed by atoms with Crippen LogP contribution in [0.2, 0.25) is 0 Å². The number of nitrogens with zero attached hydrogens (tertiary/aromatic N) is 1. The molecular formula is C21H21F2N3O4S. The number of aliphatic hydroxyl groups excluding tert-OH is 1. The highest BCUT2D eigenvalue weighted by atomic mass is 32.2. The lowest BCUT2D eigenvalue weighted by atomic mass is 9.97. The van der Waals surface area contributed by atoms with Crippen LogP contribution in [0.25, 0.3) is 10.9 Å². The SMILES string of the molecule is O=C(c1ccc2ncc(NCCO)cc2c1)c1cc(CCCN[SH](=O)=O)cc(F)c1F. The number of aryl methyl sites for hydroxylation is 1. The van der Waals surface area contributed by atoms with E-state index in [-0.39, 0.29) is 30.7 Å². The maximum Gasteiger partial charge on any atom is 0.201 e. The van der Waals surface area contributed by atoms with Crippen molar-refractivity contribution in [3.8, 4) is 0 Å². The third-order valence-electron chi connectivity index (χ3n) is 4.60. The van der Waals surface area contributed by atoms with Gasteiger partial charge in [0.05, 0.1) is 29.6 Å². The van der Waals surface area contributed by atoms with E-state index in [4.69, 9.17) is 5.11 Å². The molecule has 0 aliphatic heterocycles. The number of thiol groups is 1. The van der Waals surface area contributed by atoms with Gasteiger partial charge in [-0.15, -0.1) is 0 Å². The second-order valence-corrected chi connectivity index (χ2v) is 7.65. The number of hydrogen-bond donors (Lipinski definition) is 4. The molecule has 0 saturated heterocycles. The number of halogens is 2. The number of ketones is 1. The molecule has 0 aliphatic carbocycles. The van der Waals surface area contributed by atoms with Gasteiger partial charge in [0.25, 0.3) is 0 Å². The second-order valence-electron chi connectivity index (χ2n) is 6.82. The molecular weight excluding hydrogens is 428 g/mol. The Morgan fingerprint density at radius 2 is 1.90 bits per heavy atom. The summed E-state index contributed by atoms with van der Waals surface area (Å²) in [4.78, 5) is 17.2. The van der Waals surface area contributed by atoms with Crippen LogP contribution in [0, 0.1) is 11.6 Å². The summed E-state index contributed by atoms with van der Waals surface area (Å²) in [7, 11) is -2.72. The van der Waals surface area contributed by atoms with Gasteiger partial charge in [-0.1, -0.05) is 0 Å². The first kappa shape index (κ1) is 22.7. The summed E-state index contributed by atoms with van der Waals surface area (Å²) < 4.78 is 51.8. The number of fused-ring (bicyclic) bond motifs is 1. The van der Waals surface area contributed by atoms with Gasteiger partial charge in [0.1, 0.15) is 0 Å². The summed E-state index contributed by atoms with van der Waals surface area (Å²) in [5, 5.41) is 12.5. The summed E-state index contributed by atoms with van der Waals surface area (Å²) in [6.07, 6.45) is 2.23. The highest BCUT2D eigenvalue weighted by Gasteiger charge is 2.19. The molecule has 0 saturated carbocycles. The number of aliphatic hydroxyl groups is 1. The molecule has 0 fully saturated rings. The summed E-state index contributed by atoms with van der Waals surface area (Å²) >= 11 is 0. The number of hydrogen-bond acceptors (Lipinski definition) is 6. The first-order valence-corrected chi connectivity index (χ1v) is 10.7. The standard InChI is InChI=1S/C21H21F2N3O4S/c22-18-9-13(2-1-5-26-31(29)30)8-17(20(18)23)21(28)14-3-4-19-15(10-14)11-16(12-25-19)24-6-7-27/h3-4,8-12,24,27,31H,1-2,5-7H2,(H,26,29,30). The van der Waals surface area contributed by atoms with Crippen molar-refractivity contribution in [3.63, 3.8) is 0 Å².